The zero-order valence-corrected chi connectivity index (χ0v) is 29.3. The molecule has 0 fully saturated rings. The summed E-state index contributed by atoms with van der Waals surface area (Å²) in [5.41, 5.74) is 0.217. The SMILES string of the molecule is CCC(CC)(Oc1cc(/C=C\c2ccc(OC)c(OC(=O)Oc3ccc([N+](=O)[O-])cc3)c2)cc(OC)c1OC(CC)(CC)C(C)=N)C(C)=N. The van der Waals surface area contributed by atoms with Crippen LogP contribution in [-0.4, -0.2) is 47.9 Å². The summed E-state index contributed by atoms with van der Waals surface area (Å²) in [5, 5.41) is 28.0. The summed E-state index contributed by atoms with van der Waals surface area (Å²) < 4.78 is 35.0. The van der Waals surface area contributed by atoms with Crippen molar-refractivity contribution in [1.29, 1.82) is 10.8 Å². The number of hydrogen-bond acceptors (Lipinski definition) is 11. The van der Waals surface area contributed by atoms with Gasteiger partial charge in [0.15, 0.2) is 23.0 Å². The molecule has 49 heavy (non-hydrogen) atoms. The molecule has 0 aliphatic carbocycles. The number of methoxy groups -OCH3 is 2. The average Bonchev–Trinajstić information content (AvgIpc) is 3.09. The molecule has 0 saturated carbocycles. The molecule has 0 aliphatic rings. The summed E-state index contributed by atoms with van der Waals surface area (Å²) in [7, 11) is 2.97. The molecule has 3 aromatic carbocycles. The predicted molar refractivity (Wildman–Crippen MR) is 189 cm³/mol. The number of carbonyl (C=O) groups excluding carboxylic acids is 1. The van der Waals surface area contributed by atoms with Crippen LogP contribution in [-0.2, 0) is 0 Å². The Morgan fingerprint density at radius 3 is 1.73 bits per heavy atom. The lowest BCUT2D eigenvalue weighted by atomic mass is 9.91. The molecule has 12 heteroatoms. The van der Waals surface area contributed by atoms with Crippen molar-refractivity contribution >= 4 is 35.4 Å². The normalized spacial score (nSPS) is 11.5. The quantitative estimate of drug-likeness (QED) is 0.0354. The number of nitro benzene ring substituents is 1. The molecule has 0 saturated heterocycles. The van der Waals surface area contributed by atoms with Gasteiger partial charge in [-0.3, -0.25) is 10.1 Å². The van der Waals surface area contributed by atoms with Crippen LogP contribution in [0.5, 0.6) is 34.5 Å². The highest BCUT2D eigenvalue weighted by molar-refractivity contribution is 5.89. The Kier molecular flexibility index (Phi) is 12.9. The minimum Gasteiger partial charge on any atom is -0.493 e. The molecule has 0 radical (unpaired) electrons. The Morgan fingerprint density at radius 1 is 0.714 bits per heavy atom. The number of nitrogens with zero attached hydrogens (tertiary/aromatic N) is 1. The first kappa shape index (κ1) is 38.1. The van der Waals surface area contributed by atoms with E-state index in [9.17, 15) is 14.9 Å². The third kappa shape index (κ3) is 8.95. The number of carbonyl (C=O) groups is 1. The fraction of sp³-hybridized carbons (Fsp3) is 0.378. The molecule has 0 amide bonds. The highest BCUT2D eigenvalue weighted by atomic mass is 16.7. The maximum atomic E-state index is 12.6. The van der Waals surface area contributed by atoms with Crippen LogP contribution in [0.3, 0.4) is 0 Å². The maximum Gasteiger partial charge on any atom is 0.519 e. The van der Waals surface area contributed by atoms with Gasteiger partial charge in [-0.25, -0.2) is 4.79 Å². The summed E-state index contributed by atoms with van der Waals surface area (Å²) in [4.78, 5) is 22.9. The Morgan fingerprint density at radius 2 is 1.22 bits per heavy atom. The van der Waals surface area contributed by atoms with Crippen molar-refractivity contribution in [3.8, 4) is 34.5 Å². The Labute approximate surface area is 287 Å². The molecule has 0 spiro atoms. The smallest absolute Gasteiger partial charge is 0.493 e. The van der Waals surface area contributed by atoms with E-state index in [0.717, 1.165) is 0 Å². The van der Waals surface area contributed by atoms with Crippen molar-refractivity contribution in [2.24, 2.45) is 0 Å². The van der Waals surface area contributed by atoms with E-state index in [2.05, 4.69) is 0 Å². The van der Waals surface area contributed by atoms with Crippen LogP contribution < -0.4 is 28.4 Å². The number of benzene rings is 3. The second-order valence-electron chi connectivity index (χ2n) is 11.4. The van der Waals surface area contributed by atoms with Crippen LogP contribution in [0.1, 0.15) is 78.4 Å². The third-order valence-corrected chi connectivity index (χ3v) is 8.62. The van der Waals surface area contributed by atoms with Gasteiger partial charge in [0.05, 0.1) is 19.1 Å². The van der Waals surface area contributed by atoms with Gasteiger partial charge >= 0.3 is 6.16 Å². The molecule has 0 aromatic heterocycles. The highest BCUT2D eigenvalue weighted by Crippen LogP contribution is 2.45. The monoisotopic (exact) mass is 675 g/mol. The highest BCUT2D eigenvalue weighted by Gasteiger charge is 2.37. The van der Waals surface area contributed by atoms with Crippen LogP contribution in [0.4, 0.5) is 10.5 Å². The molecule has 0 bridgehead atoms. The Balaban J connectivity index is 2.02. The fourth-order valence-electron chi connectivity index (χ4n) is 5.34. The van der Waals surface area contributed by atoms with Crippen molar-refractivity contribution < 1.29 is 38.1 Å². The van der Waals surface area contributed by atoms with Gasteiger partial charge in [-0.05, 0) is 87.1 Å². The maximum absolute atomic E-state index is 12.6. The number of hydrogen-bond donors (Lipinski definition) is 2. The van der Waals surface area contributed by atoms with Crippen LogP contribution in [0.25, 0.3) is 12.2 Å². The first-order valence-corrected chi connectivity index (χ1v) is 16.0. The number of ether oxygens (including phenoxy) is 6. The zero-order valence-electron chi connectivity index (χ0n) is 29.3. The topological polar surface area (TPSA) is 163 Å². The minimum atomic E-state index is -1.05. The van der Waals surface area contributed by atoms with Gasteiger partial charge in [0.25, 0.3) is 5.69 Å². The molecule has 12 nitrogen and oxygen atoms in total. The standard InChI is InChI=1S/C37H45N3O9/c1-9-36(10-2,24(5)38)48-33-23-27(22-32(45-8)34(33)49-37(11-3,12-4)25(6)39)14-13-26-15-20-30(44-7)31(21-26)47-35(41)46-29-18-16-28(17-19-29)40(42)43/h13-23,38-39H,9-12H2,1-8H3/b14-13-,38-24?,39-25?. The van der Waals surface area contributed by atoms with Crippen LogP contribution >= 0.6 is 0 Å². The lowest BCUT2D eigenvalue weighted by Crippen LogP contribution is -2.43. The first-order chi connectivity index (χ1) is 23.3. The molecule has 262 valence electrons. The summed E-state index contributed by atoms with van der Waals surface area (Å²) in [6, 6.07) is 13.6. The van der Waals surface area contributed by atoms with Crippen molar-refractivity contribution in [3.05, 3.63) is 75.8 Å². The van der Waals surface area contributed by atoms with E-state index >= 15 is 0 Å². The molecule has 3 rings (SSSR count). The van der Waals surface area contributed by atoms with Gasteiger partial charge in [0.1, 0.15) is 17.0 Å². The fourth-order valence-corrected chi connectivity index (χ4v) is 5.34. The van der Waals surface area contributed by atoms with Gasteiger partial charge in [-0.2, -0.15) is 0 Å². The lowest BCUT2D eigenvalue weighted by molar-refractivity contribution is -0.384. The van der Waals surface area contributed by atoms with Crippen LogP contribution in [0.2, 0.25) is 0 Å². The van der Waals surface area contributed by atoms with Gasteiger partial charge in [0.2, 0.25) is 5.75 Å². The zero-order chi connectivity index (χ0) is 36.4. The van der Waals surface area contributed by atoms with E-state index in [4.69, 9.17) is 39.2 Å². The Hall–Kier alpha value is -5.39. The molecular formula is C37H45N3O9. The molecule has 3 aromatic rings. The second-order valence-corrected chi connectivity index (χ2v) is 11.4. The summed E-state index contributed by atoms with van der Waals surface area (Å²) >= 11 is 0. The molecule has 0 atom stereocenters. The summed E-state index contributed by atoms with van der Waals surface area (Å²) in [6.07, 6.45) is 4.79. The van der Waals surface area contributed by atoms with E-state index < -0.39 is 22.3 Å². The molecule has 2 N–H and O–H groups in total. The largest absolute Gasteiger partial charge is 0.519 e. The molecule has 0 aliphatic heterocycles. The summed E-state index contributed by atoms with van der Waals surface area (Å²) in [6.45, 7) is 11.3. The van der Waals surface area contributed by atoms with Gasteiger partial charge in [-0.15, -0.1) is 0 Å². The van der Waals surface area contributed by atoms with E-state index in [1.807, 2.05) is 39.8 Å². The molecule has 0 heterocycles. The predicted octanol–water partition coefficient (Wildman–Crippen LogP) is 9.31. The average molecular weight is 676 g/mol. The Bertz CT molecular complexity index is 1690. The molecular weight excluding hydrogens is 630 g/mol. The number of nitrogens with one attached hydrogen (secondary N) is 2. The third-order valence-electron chi connectivity index (χ3n) is 8.62. The van der Waals surface area contributed by atoms with Crippen LogP contribution in [0.15, 0.2) is 54.6 Å². The van der Waals surface area contributed by atoms with Gasteiger partial charge in [-0.1, -0.05) is 45.9 Å². The van der Waals surface area contributed by atoms with Crippen molar-refractivity contribution in [2.75, 3.05) is 14.2 Å². The number of rotatable bonds is 17. The van der Waals surface area contributed by atoms with E-state index in [-0.39, 0.29) is 22.9 Å². The minimum absolute atomic E-state index is 0.0734. The van der Waals surface area contributed by atoms with E-state index in [0.29, 0.717) is 65.5 Å². The van der Waals surface area contributed by atoms with Crippen molar-refractivity contribution in [3.63, 3.8) is 0 Å². The number of nitro groups is 1. The second kappa shape index (κ2) is 16.6. The van der Waals surface area contributed by atoms with E-state index in [1.54, 1.807) is 44.2 Å². The van der Waals surface area contributed by atoms with Crippen molar-refractivity contribution in [2.45, 2.75) is 78.4 Å². The first-order valence-electron chi connectivity index (χ1n) is 16.0. The summed E-state index contributed by atoms with van der Waals surface area (Å²) in [5.74, 6) is 1.59. The van der Waals surface area contributed by atoms with Crippen LogP contribution in [0, 0.1) is 20.9 Å². The lowest BCUT2D eigenvalue weighted by Gasteiger charge is -2.36. The van der Waals surface area contributed by atoms with Gasteiger partial charge in [0, 0.05) is 23.6 Å². The van der Waals surface area contributed by atoms with Gasteiger partial charge < -0.3 is 39.2 Å². The van der Waals surface area contributed by atoms with Crippen molar-refractivity contribution in [1.82, 2.24) is 0 Å². The van der Waals surface area contributed by atoms with E-state index in [1.165, 1.54) is 38.5 Å². The number of non-ortho nitro benzene ring substituents is 1. The molecule has 0 unspecified atom stereocenters.